The molecule has 37 heavy (non-hydrogen) atoms. The highest BCUT2D eigenvalue weighted by Crippen LogP contribution is 2.43. The summed E-state index contributed by atoms with van der Waals surface area (Å²) in [4.78, 5) is 31.6. The highest BCUT2D eigenvalue weighted by molar-refractivity contribution is 8.14. The molecule has 1 unspecified atom stereocenters. The number of nitrogens with zero attached hydrogens (tertiary/aromatic N) is 5. The molecule has 11 nitrogen and oxygen atoms in total. The fraction of sp³-hybridized carbons (Fsp3) is 0.200. The smallest absolute Gasteiger partial charge is 0.272 e. The lowest BCUT2D eigenvalue weighted by Gasteiger charge is -2.32. The SMILES string of the molecule is C/C(=N\N1C(=Nc2cccnc2)SCC1(O)c1ccc2c(c1)NC(=O)CO2)c1ccc(C)c([N+](=O)[O-])c1. The second kappa shape index (κ2) is 9.64. The van der Waals surface area contributed by atoms with Gasteiger partial charge in [-0.2, -0.15) is 5.10 Å². The van der Waals surface area contributed by atoms with Crippen LogP contribution in [0.25, 0.3) is 0 Å². The predicted octanol–water partition coefficient (Wildman–Crippen LogP) is 3.93. The van der Waals surface area contributed by atoms with E-state index in [2.05, 4.69) is 15.3 Å². The summed E-state index contributed by atoms with van der Waals surface area (Å²) in [6, 6.07) is 13.4. The Balaban J connectivity index is 1.60. The standard InChI is InChI=1S/C25H22N6O5S/c1-15-5-6-17(10-21(15)31(34)35)16(2)29-30-24(27-19-4-3-9-26-12-19)37-14-25(30,33)18-7-8-22-20(11-18)28-23(32)13-36-22/h3-12,33H,13-14H2,1-2H3,(H,28,32)/b27-24?,29-16+. The maximum atomic E-state index is 12.0. The number of nitrogens with one attached hydrogen (secondary N) is 1. The number of amidine groups is 1. The van der Waals surface area contributed by atoms with Gasteiger partial charge in [0.15, 0.2) is 17.5 Å². The molecule has 1 amide bonds. The number of hydrazone groups is 1. The van der Waals surface area contributed by atoms with Crippen molar-refractivity contribution in [3.05, 3.63) is 87.7 Å². The third kappa shape index (κ3) is 4.76. The first-order valence-corrected chi connectivity index (χ1v) is 12.2. The van der Waals surface area contributed by atoms with Crippen LogP contribution < -0.4 is 10.1 Å². The van der Waals surface area contributed by atoms with Gasteiger partial charge in [-0.1, -0.05) is 30.0 Å². The van der Waals surface area contributed by atoms with Gasteiger partial charge in [-0.05, 0) is 38.1 Å². The first kappa shape index (κ1) is 24.4. The summed E-state index contributed by atoms with van der Waals surface area (Å²) in [6.45, 7) is 3.30. The van der Waals surface area contributed by atoms with Crippen LogP contribution >= 0.6 is 11.8 Å². The van der Waals surface area contributed by atoms with E-state index in [0.717, 1.165) is 0 Å². The van der Waals surface area contributed by atoms with Crippen molar-refractivity contribution in [2.24, 2.45) is 10.1 Å². The van der Waals surface area contributed by atoms with Crippen molar-refractivity contribution in [1.29, 1.82) is 0 Å². The van der Waals surface area contributed by atoms with Gasteiger partial charge in [-0.15, -0.1) is 0 Å². The average Bonchev–Trinajstić information content (AvgIpc) is 3.20. The molecule has 0 saturated carbocycles. The number of pyridine rings is 1. The van der Waals surface area contributed by atoms with Gasteiger partial charge in [0.2, 0.25) is 0 Å². The van der Waals surface area contributed by atoms with E-state index < -0.39 is 10.6 Å². The Kier molecular flexibility index (Phi) is 6.36. The van der Waals surface area contributed by atoms with Crippen LogP contribution in [0.15, 0.2) is 71.0 Å². The number of aryl methyl sites for hydroxylation is 1. The number of hydrogen-bond acceptors (Lipinski definition) is 9. The van der Waals surface area contributed by atoms with E-state index in [4.69, 9.17) is 9.84 Å². The largest absolute Gasteiger partial charge is 0.482 e. The molecule has 0 bridgehead atoms. The van der Waals surface area contributed by atoms with Gasteiger partial charge in [-0.3, -0.25) is 19.9 Å². The first-order chi connectivity index (χ1) is 17.7. The number of hydrogen-bond donors (Lipinski definition) is 2. The highest BCUT2D eigenvalue weighted by atomic mass is 32.2. The van der Waals surface area contributed by atoms with Gasteiger partial charge in [0, 0.05) is 29.0 Å². The number of aliphatic imine (C=N–C) groups is 1. The molecule has 1 saturated heterocycles. The summed E-state index contributed by atoms with van der Waals surface area (Å²) >= 11 is 1.30. The molecule has 0 spiro atoms. The predicted molar refractivity (Wildman–Crippen MR) is 140 cm³/mol. The minimum atomic E-state index is -1.64. The molecule has 0 aliphatic carbocycles. The number of aromatic nitrogens is 1. The normalized spacial score (nSPS) is 20.4. The number of benzene rings is 2. The van der Waals surface area contributed by atoms with E-state index in [1.165, 1.54) is 22.8 Å². The van der Waals surface area contributed by atoms with Crippen molar-refractivity contribution in [2.45, 2.75) is 19.6 Å². The number of nitro benzene ring substituents is 1. The van der Waals surface area contributed by atoms with Crippen molar-refractivity contribution in [3.63, 3.8) is 0 Å². The van der Waals surface area contributed by atoms with Crippen LogP contribution in [0.5, 0.6) is 5.75 Å². The van der Waals surface area contributed by atoms with Crippen LogP contribution in [-0.4, -0.2) is 49.2 Å². The number of aliphatic hydroxyl groups is 1. The van der Waals surface area contributed by atoms with Crippen LogP contribution in [-0.2, 0) is 10.5 Å². The number of fused-ring (bicyclic) bond motifs is 1. The molecule has 2 aromatic carbocycles. The quantitative estimate of drug-likeness (QED) is 0.294. The van der Waals surface area contributed by atoms with Crippen molar-refractivity contribution in [2.75, 3.05) is 17.7 Å². The van der Waals surface area contributed by atoms with E-state index in [0.29, 0.717) is 44.7 Å². The minimum absolute atomic E-state index is 0.0206. The van der Waals surface area contributed by atoms with E-state index in [-0.39, 0.29) is 24.0 Å². The fourth-order valence-corrected chi connectivity index (χ4v) is 5.06. The molecule has 3 heterocycles. The topological polar surface area (TPSA) is 143 Å². The maximum Gasteiger partial charge on any atom is 0.272 e. The van der Waals surface area contributed by atoms with Crippen LogP contribution in [0, 0.1) is 17.0 Å². The monoisotopic (exact) mass is 518 g/mol. The third-order valence-corrected chi connectivity index (χ3v) is 7.02. The van der Waals surface area contributed by atoms with E-state index in [1.54, 1.807) is 68.7 Å². The number of nitro groups is 1. The van der Waals surface area contributed by atoms with Gasteiger partial charge in [0.1, 0.15) is 5.75 Å². The van der Waals surface area contributed by atoms with E-state index in [9.17, 15) is 20.0 Å². The number of amides is 1. The fourth-order valence-electron chi connectivity index (χ4n) is 3.96. The molecular formula is C25H22N6O5S. The number of ether oxygens (including phenoxy) is 1. The summed E-state index contributed by atoms with van der Waals surface area (Å²) in [7, 11) is 0. The molecule has 1 fully saturated rings. The molecule has 3 aromatic rings. The van der Waals surface area contributed by atoms with Crippen LogP contribution in [0.2, 0.25) is 0 Å². The summed E-state index contributed by atoms with van der Waals surface area (Å²) in [6.07, 6.45) is 3.23. The van der Waals surface area contributed by atoms with Gasteiger partial charge in [-0.25, -0.2) is 10.0 Å². The minimum Gasteiger partial charge on any atom is -0.482 e. The summed E-state index contributed by atoms with van der Waals surface area (Å²) in [5.74, 6) is 0.396. The number of carbonyl (C=O) groups is 1. The van der Waals surface area contributed by atoms with E-state index >= 15 is 0 Å². The van der Waals surface area contributed by atoms with Gasteiger partial charge < -0.3 is 15.2 Å². The third-order valence-electron chi connectivity index (χ3n) is 5.95. The first-order valence-electron chi connectivity index (χ1n) is 11.3. The molecule has 2 aliphatic rings. The second-order valence-electron chi connectivity index (χ2n) is 8.51. The zero-order chi connectivity index (χ0) is 26.2. The summed E-state index contributed by atoms with van der Waals surface area (Å²) < 4.78 is 5.45. The Labute approximate surface area is 216 Å². The summed E-state index contributed by atoms with van der Waals surface area (Å²) in [5.41, 5.74) is 1.33. The van der Waals surface area contributed by atoms with Crippen LogP contribution in [0.4, 0.5) is 17.1 Å². The zero-order valence-electron chi connectivity index (χ0n) is 19.9. The van der Waals surface area contributed by atoms with Crippen molar-refractivity contribution in [1.82, 2.24) is 9.99 Å². The number of carbonyl (C=O) groups excluding carboxylic acids is 1. The molecule has 1 atom stereocenters. The lowest BCUT2D eigenvalue weighted by molar-refractivity contribution is -0.385. The average molecular weight is 519 g/mol. The van der Waals surface area contributed by atoms with Crippen molar-refractivity contribution in [3.8, 4) is 5.75 Å². The van der Waals surface area contributed by atoms with Crippen molar-refractivity contribution >= 4 is 45.6 Å². The van der Waals surface area contributed by atoms with Gasteiger partial charge in [0.25, 0.3) is 11.6 Å². The molecule has 2 aliphatic heterocycles. The van der Waals surface area contributed by atoms with Gasteiger partial charge in [0.05, 0.1) is 34.0 Å². The maximum absolute atomic E-state index is 12.0. The molecule has 1 aromatic heterocycles. The Hall–Kier alpha value is -4.29. The molecule has 188 valence electrons. The lowest BCUT2D eigenvalue weighted by atomic mass is 10.0. The number of thioether (sulfide) groups is 1. The Morgan fingerprint density at radius 2 is 2.14 bits per heavy atom. The van der Waals surface area contributed by atoms with Gasteiger partial charge >= 0.3 is 0 Å². The Bertz CT molecular complexity index is 1460. The Morgan fingerprint density at radius 3 is 2.89 bits per heavy atom. The lowest BCUT2D eigenvalue weighted by Crippen LogP contribution is -2.42. The molecule has 0 radical (unpaired) electrons. The highest BCUT2D eigenvalue weighted by Gasteiger charge is 2.46. The Morgan fingerprint density at radius 1 is 1.30 bits per heavy atom. The second-order valence-corrected chi connectivity index (χ2v) is 9.46. The number of rotatable bonds is 5. The van der Waals surface area contributed by atoms with Crippen LogP contribution in [0.1, 0.15) is 23.6 Å². The molecule has 2 N–H and O–H groups in total. The molecule has 5 rings (SSSR count). The van der Waals surface area contributed by atoms with E-state index in [1.807, 2.05) is 0 Å². The summed E-state index contributed by atoms with van der Waals surface area (Å²) in [5, 5.41) is 32.7. The van der Waals surface area contributed by atoms with Crippen molar-refractivity contribution < 1.29 is 19.6 Å². The molecule has 12 heteroatoms. The number of anilines is 1. The van der Waals surface area contributed by atoms with Crippen LogP contribution in [0.3, 0.4) is 0 Å². The molecular weight excluding hydrogens is 496 g/mol. The zero-order valence-corrected chi connectivity index (χ0v) is 20.7.